The largest absolute Gasteiger partial charge is 0.497 e. The van der Waals surface area contributed by atoms with Gasteiger partial charge < -0.3 is 28.1 Å². The van der Waals surface area contributed by atoms with Gasteiger partial charge in [-0.05, 0) is 70.8 Å². The van der Waals surface area contributed by atoms with Gasteiger partial charge in [-0.15, -0.1) is 0 Å². The third kappa shape index (κ3) is 5.83. The second kappa shape index (κ2) is 11.6. The van der Waals surface area contributed by atoms with Crippen molar-refractivity contribution >= 4 is 11.0 Å². The van der Waals surface area contributed by atoms with E-state index in [4.69, 9.17) is 28.1 Å². The summed E-state index contributed by atoms with van der Waals surface area (Å²) < 4.78 is 34.2. The maximum Gasteiger partial charge on any atom is 0.336 e. The molecule has 0 amide bonds. The van der Waals surface area contributed by atoms with Gasteiger partial charge >= 0.3 is 5.63 Å². The summed E-state index contributed by atoms with van der Waals surface area (Å²) in [5.41, 5.74) is 3.18. The fourth-order valence-electron chi connectivity index (χ4n) is 4.28. The molecule has 0 unspecified atom stereocenters. The first-order chi connectivity index (χ1) is 19.1. The quantitative estimate of drug-likeness (QED) is 0.190. The highest BCUT2D eigenvalue weighted by molar-refractivity contribution is 5.97. The van der Waals surface area contributed by atoms with Crippen LogP contribution in [0, 0.1) is 0 Å². The lowest BCUT2D eigenvalue weighted by atomic mass is 10.0. The predicted molar refractivity (Wildman–Crippen MR) is 149 cm³/mol. The van der Waals surface area contributed by atoms with E-state index < -0.39 is 5.63 Å². The molecule has 0 saturated heterocycles. The Balaban J connectivity index is 1.57. The number of rotatable bonds is 10. The maximum atomic E-state index is 12.8. The summed E-state index contributed by atoms with van der Waals surface area (Å²) in [7, 11) is 4.85. The minimum Gasteiger partial charge on any atom is -0.497 e. The number of benzene rings is 4. The van der Waals surface area contributed by atoms with E-state index in [1.807, 2.05) is 84.9 Å². The average molecular weight is 525 g/mol. The van der Waals surface area contributed by atoms with Crippen molar-refractivity contribution in [3.8, 4) is 39.9 Å². The predicted octanol–water partition coefficient (Wildman–Crippen LogP) is 6.64. The van der Waals surface area contributed by atoms with E-state index in [9.17, 15) is 4.79 Å². The number of fused-ring (bicyclic) bond motifs is 1. The molecule has 7 nitrogen and oxygen atoms in total. The average Bonchev–Trinajstić information content (AvgIpc) is 2.99. The fourth-order valence-corrected chi connectivity index (χ4v) is 4.28. The minimum atomic E-state index is -0.496. The van der Waals surface area contributed by atoms with E-state index >= 15 is 0 Å². The Labute approximate surface area is 226 Å². The Morgan fingerprint density at radius 2 is 1.26 bits per heavy atom. The van der Waals surface area contributed by atoms with Crippen molar-refractivity contribution < 1.29 is 28.1 Å². The van der Waals surface area contributed by atoms with E-state index in [-0.39, 0.29) is 13.2 Å². The lowest BCUT2D eigenvalue weighted by Crippen LogP contribution is -2.04. The molecule has 0 aliphatic carbocycles. The third-order valence-corrected chi connectivity index (χ3v) is 6.28. The Bertz CT molecular complexity index is 1640. The Kier molecular flexibility index (Phi) is 7.68. The van der Waals surface area contributed by atoms with Gasteiger partial charge in [0.05, 0.1) is 21.3 Å². The van der Waals surface area contributed by atoms with Gasteiger partial charge in [-0.3, -0.25) is 0 Å². The van der Waals surface area contributed by atoms with E-state index in [2.05, 4.69) is 0 Å². The van der Waals surface area contributed by atoms with E-state index in [1.54, 1.807) is 21.3 Å². The van der Waals surface area contributed by atoms with Gasteiger partial charge in [-0.25, -0.2) is 4.79 Å². The van der Waals surface area contributed by atoms with E-state index in [1.165, 1.54) is 6.07 Å². The molecule has 39 heavy (non-hydrogen) atoms. The van der Waals surface area contributed by atoms with Gasteiger partial charge in [0.15, 0.2) is 11.3 Å². The molecule has 198 valence electrons. The van der Waals surface area contributed by atoms with Crippen LogP contribution in [0.2, 0.25) is 0 Å². The molecule has 7 heteroatoms. The monoisotopic (exact) mass is 524 g/mol. The van der Waals surface area contributed by atoms with Crippen LogP contribution in [0.15, 0.2) is 100 Å². The molecule has 1 aromatic heterocycles. The molecular formula is C32H28O7. The van der Waals surface area contributed by atoms with E-state index in [0.29, 0.717) is 22.5 Å². The molecule has 0 fully saturated rings. The molecule has 0 aliphatic rings. The van der Waals surface area contributed by atoms with Crippen LogP contribution >= 0.6 is 0 Å². The van der Waals surface area contributed by atoms with Gasteiger partial charge in [-0.1, -0.05) is 36.4 Å². The van der Waals surface area contributed by atoms with Gasteiger partial charge in [0.2, 0.25) is 5.75 Å². The van der Waals surface area contributed by atoms with Crippen LogP contribution in [-0.4, -0.2) is 21.3 Å². The normalized spacial score (nSPS) is 10.7. The van der Waals surface area contributed by atoms with Crippen molar-refractivity contribution in [1.29, 1.82) is 0 Å². The van der Waals surface area contributed by atoms with Crippen molar-refractivity contribution in [3.63, 3.8) is 0 Å². The summed E-state index contributed by atoms with van der Waals surface area (Å²) in [5.74, 6) is 2.96. The number of methoxy groups -OCH3 is 3. The summed E-state index contributed by atoms with van der Waals surface area (Å²) in [4.78, 5) is 12.8. The molecule has 0 radical (unpaired) electrons. The minimum absolute atomic E-state index is 0.211. The van der Waals surface area contributed by atoms with Crippen LogP contribution < -0.4 is 29.3 Å². The highest BCUT2D eigenvalue weighted by Crippen LogP contribution is 2.40. The van der Waals surface area contributed by atoms with Crippen LogP contribution in [0.3, 0.4) is 0 Å². The summed E-state index contributed by atoms with van der Waals surface area (Å²) in [6, 6.07) is 27.9. The molecule has 5 aromatic rings. The lowest BCUT2D eigenvalue weighted by Gasteiger charge is -2.16. The molecule has 4 aromatic carbocycles. The summed E-state index contributed by atoms with van der Waals surface area (Å²) in [6.45, 7) is 0.475. The summed E-state index contributed by atoms with van der Waals surface area (Å²) in [6.07, 6.45) is 0. The van der Waals surface area contributed by atoms with Gasteiger partial charge in [0.25, 0.3) is 0 Å². The van der Waals surface area contributed by atoms with Crippen LogP contribution in [0.25, 0.3) is 22.1 Å². The van der Waals surface area contributed by atoms with Crippen LogP contribution in [0.4, 0.5) is 0 Å². The first kappa shape index (κ1) is 25.7. The number of ether oxygens (including phenoxy) is 5. The highest BCUT2D eigenvalue weighted by atomic mass is 16.5. The topological polar surface area (TPSA) is 76.4 Å². The van der Waals surface area contributed by atoms with Crippen molar-refractivity contribution in [2.45, 2.75) is 13.2 Å². The standard InChI is InChI=1S/C32H28O7/c1-34-24-12-10-23(11-13-24)28-18-30(33)39-31-27(28)14-15-29(37-19-21-6-4-8-25(16-21)35-2)32(31)38-20-22-7-5-9-26(17-22)36-3/h4-18H,19-20H2,1-3H3. The lowest BCUT2D eigenvalue weighted by molar-refractivity contribution is 0.255. The zero-order valence-corrected chi connectivity index (χ0v) is 21.9. The molecule has 5 rings (SSSR count). The van der Waals surface area contributed by atoms with Crippen molar-refractivity contribution in [2.75, 3.05) is 21.3 Å². The maximum absolute atomic E-state index is 12.8. The fraction of sp³-hybridized carbons (Fsp3) is 0.156. The summed E-state index contributed by atoms with van der Waals surface area (Å²) >= 11 is 0. The van der Waals surface area contributed by atoms with Crippen molar-refractivity contribution in [2.24, 2.45) is 0 Å². The first-order valence-corrected chi connectivity index (χ1v) is 12.3. The second-order valence-electron chi connectivity index (χ2n) is 8.76. The molecule has 0 aliphatic heterocycles. The van der Waals surface area contributed by atoms with E-state index in [0.717, 1.165) is 39.5 Å². The van der Waals surface area contributed by atoms with Crippen LogP contribution in [0.5, 0.6) is 28.7 Å². The smallest absolute Gasteiger partial charge is 0.336 e. The number of hydrogen-bond acceptors (Lipinski definition) is 7. The summed E-state index contributed by atoms with van der Waals surface area (Å²) in [5, 5.41) is 0.717. The SMILES string of the molecule is COc1ccc(-c2cc(=O)oc3c(OCc4cccc(OC)c4)c(OCc4cccc(OC)c4)ccc23)cc1. The highest BCUT2D eigenvalue weighted by Gasteiger charge is 2.18. The Hall–Kier alpha value is -4.91. The van der Waals surface area contributed by atoms with Gasteiger partial charge in [0, 0.05) is 11.5 Å². The van der Waals surface area contributed by atoms with Crippen LogP contribution in [-0.2, 0) is 13.2 Å². The molecule has 1 heterocycles. The molecule has 0 bridgehead atoms. The molecule has 0 saturated carbocycles. The molecule has 0 N–H and O–H groups in total. The van der Waals surface area contributed by atoms with Crippen molar-refractivity contribution in [3.05, 3.63) is 113 Å². The zero-order chi connectivity index (χ0) is 27.2. The van der Waals surface area contributed by atoms with Crippen molar-refractivity contribution in [1.82, 2.24) is 0 Å². The van der Waals surface area contributed by atoms with Gasteiger partial charge in [0.1, 0.15) is 30.5 Å². The third-order valence-electron chi connectivity index (χ3n) is 6.28. The van der Waals surface area contributed by atoms with Crippen LogP contribution in [0.1, 0.15) is 11.1 Å². The van der Waals surface area contributed by atoms with Gasteiger partial charge in [-0.2, -0.15) is 0 Å². The number of hydrogen-bond donors (Lipinski definition) is 0. The molecular weight excluding hydrogens is 496 g/mol. The molecule has 0 atom stereocenters. The Morgan fingerprint density at radius 1 is 0.641 bits per heavy atom. The Morgan fingerprint density at radius 3 is 1.87 bits per heavy atom. The zero-order valence-electron chi connectivity index (χ0n) is 21.9. The second-order valence-corrected chi connectivity index (χ2v) is 8.76. The molecule has 0 spiro atoms. The first-order valence-electron chi connectivity index (χ1n) is 12.3.